The zero-order chi connectivity index (χ0) is 22.7. The third kappa shape index (κ3) is 3.70. The lowest BCUT2D eigenvalue weighted by atomic mass is 9.75. The van der Waals surface area contributed by atoms with Gasteiger partial charge in [0.25, 0.3) is 0 Å². The summed E-state index contributed by atoms with van der Waals surface area (Å²) >= 11 is 0. The highest BCUT2D eigenvalue weighted by molar-refractivity contribution is 7.81. The lowest BCUT2D eigenvalue weighted by Gasteiger charge is -2.56. The van der Waals surface area contributed by atoms with Crippen LogP contribution in [0.4, 0.5) is 13.2 Å². The maximum Gasteiger partial charge on any atom is 0.135 e. The van der Waals surface area contributed by atoms with Gasteiger partial charge in [0.05, 0.1) is 0 Å². The molecule has 3 aliphatic rings. The first-order valence-corrected chi connectivity index (χ1v) is 14.8. The Bertz CT molecular complexity index is 1190. The van der Waals surface area contributed by atoms with Crippen LogP contribution in [0.1, 0.15) is 48.4 Å². The van der Waals surface area contributed by atoms with E-state index in [2.05, 4.69) is 37.9 Å². The van der Waals surface area contributed by atoms with Crippen LogP contribution in [0.3, 0.4) is 0 Å². The molecule has 1 nitrogen and oxygen atoms in total. The van der Waals surface area contributed by atoms with Crippen LogP contribution in [0, 0.1) is 17.5 Å². The summed E-state index contributed by atoms with van der Waals surface area (Å²) in [5.74, 6) is -1.01. The quantitative estimate of drug-likeness (QED) is 0.345. The van der Waals surface area contributed by atoms with E-state index in [0.717, 1.165) is 42.6 Å². The highest BCUT2D eigenvalue weighted by Gasteiger charge is 2.53. The predicted molar refractivity (Wildman–Crippen MR) is 135 cm³/mol. The molecule has 0 radical (unpaired) electrons. The third-order valence-corrected chi connectivity index (χ3v) is 15.0. The molecule has 0 spiro atoms. The zero-order valence-corrected chi connectivity index (χ0v) is 21.0. The highest BCUT2D eigenvalue weighted by Crippen LogP contribution is 2.76. The Morgan fingerprint density at radius 1 is 0.788 bits per heavy atom. The van der Waals surface area contributed by atoms with Gasteiger partial charge in [-0.1, -0.05) is 30.3 Å². The highest BCUT2D eigenvalue weighted by atomic mass is 31.2. The van der Waals surface area contributed by atoms with Crippen LogP contribution in [-0.4, -0.2) is 15.9 Å². The normalized spacial score (nSPS) is 31.0. The summed E-state index contributed by atoms with van der Waals surface area (Å²) < 4.78 is 46.1. The molecule has 1 aliphatic carbocycles. The van der Waals surface area contributed by atoms with Crippen LogP contribution < -0.4 is 10.6 Å². The minimum absolute atomic E-state index is 0.236. The zero-order valence-electron chi connectivity index (χ0n) is 18.0. The van der Waals surface area contributed by atoms with Crippen molar-refractivity contribution in [1.29, 1.82) is 0 Å². The first-order chi connectivity index (χ1) is 16.0. The van der Waals surface area contributed by atoms with Crippen LogP contribution in [-0.2, 0) is 0 Å². The smallest absolute Gasteiger partial charge is 0.135 e. The number of hydrogen-bond donors (Lipinski definition) is 0. The van der Waals surface area contributed by atoms with E-state index < -0.39 is 27.8 Å². The van der Waals surface area contributed by atoms with Gasteiger partial charge in [0.15, 0.2) is 0 Å². The van der Waals surface area contributed by atoms with Gasteiger partial charge in [-0.3, -0.25) is 0 Å². The average Bonchev–Trinajstić information content (AvgIpc) is 3.16. The second kappa shape index (κ2) is 8.73. The number of fused-ring (bicyclic) bond motifs is 3. The van der Waals surface area contributed by atoms with Crippen molar-refractivity contribution < 1.29 is 13.2 Å². The van der Waals surface area contributed by atoms with Crippen LogP contribution in [0.2, 0.25) is 0 Å². The standard InChI is InChI=1S/C26H25F3NP3/c27-17-6-10-24-20(14-17)19-8-9-22(19)30(32(24)25-11-7-18(28)15-21(25)29)33-23(12-13-26(33)31)16-4-2-1-3-5-16/h1-7,10-11,14-15,19,22-23,26H,8-9,12-13,31H2/t19?,22?,23-,26-,32?,33?/m1/s1. The summed E-state index contributed by atoms with van der Waals surface area (Å²) in [6.45, 7) is 0. The van der Waals surface area contributed by atoms with E-state index in [1.807, 2.05) is 12.1 Å². The first kappa shape index (κ1) is 22.2. The molecule has 0 amide bonds. The van der Waals surface area contributed by atoms with Crippen molar-refractivity contribution in [2.24, 2.45) is 0 Å². The molecule has 7 heteroatoms. The Kier molecular flexibility index (Phi) is 5.87. The molecule has 3 aromatic rings. The largest absolute Gasteiger partial charge is 0.248 e. The molecule has 33 heavy (non-hydrogen) atoms. The molecule has 170 valence electrons. The predicted octanol–water partition coefficient (Wildman–Crippen LogP) is 7.15. The Hall–Kier alpha value is -1.30. The Morgan fingerprint density at radius 3 is 2.21 bits per heavy atom. The fraction of sp³-hybridized carbons (Fsp3) is 0.308. The number of rotatable bonds is 3. The molecule has 1 saturated carbocycles. The van der Waals surface area contributed by atoms with Gasteiger partial charge < -0.3 is 0 Å². The molecule has 2 aliphatic heterocycles. The van der Waals surface area contributed by atoms with Gasteiger partial charge in [-0.25, -0.2) is 17.6 Å². The fourth-order valence-electron chi connectivity index (χ4n) is 5.68. The molecule has 6 rings (SSSR count). The molecule has 5 unspecified atom stereocenters. The molecule has 2 fully saturated rings. The molecule has 0 N–H and O–H groups in total. The van der Waals surface area contributed by atoms with Crippen molar-refractivity contribution in [3.8, 4) is 0 Å². The summed E-state index contributed by atoms with van der Waals surface area (Å²) in [7, 11) is 1.24. The molecule has 0 aromatic heterocycles. The molecule has 0 bridgehead atoms. The van der Waals surface area contributed by atoms with Crippen molar-refractivity contribution in [2.45, 2.75) is 48.7 Å². The maximum atomic E-state index is 15.3. The van der Waals surface area contributed by atoms with Gasteiger partial charge in [0.1, 0.15) is 17.5 Å². The Labute approximate surface area is 197 Å². The lowest BCUT2D eigenvalue weighted by Crippen LogP contribution is -2.50. The summed E-state index contributed by atoms with van der Waals surface area (Å²) in [4.78, 5) is 0. The minimum Gasteiger partial charge on any atom is -0.248 e. The van der Waals surface area contributed by atoms with E-state index in [1.165, 1.54) is 17.7 Å². The second-order valence-electron chi connectivity index (χ2n) is 9.13. The molecular formula is C26H25F3NP3. The minimum atomic E-state index is -1.22. The van der Waals surface area contributed by atoms with Crippen molar-refractivity contribution in [1.82, 2.24) is 4.44 Å². The molecule has 2 heterocycles. The summed E-state index contributed by atoms with van der Waals surface area (Å²) in [5, 5.41) is 2.04. The van der Waals surface area contributed by atoms with Gasteiger partial charge in [0.2, 0.25) is 0 Å². The third-order valence-electron chi connectivity index (χ3n) is 7.31. The van der Waals surface area contributed by atoms with Crippen LogP contribution >= 0.6 is 25.4 Å². The fourth-order valence-corrected chi connectivity index (χ4v) is 14.9. The van der Waals surface area contributed by atoms with Crippen molar-refractivity contribution in [2.75, 3.05) is 0 Å². The van der Waals surface area contributed by atoms with Crippen molar-refractivity contribution in [3.63, 3.8) is 0 Å². The molecule has 3 aromatic carbocycles. The molecular weight excluding hydrogens is 476 g/mol. The first-order valence-electron chi connectivity index (χ1n) is 11.5. The SMILES string of the molecule is Fc1ccc(P2c3ccc(F)cc3C3CCC3N2P2[C@@H](c3ccccc3)CC[C@@H]2P)c(F)c1. The average molecular weight is 501 g/mol. The van der Waals surface area contributed by atoms with Crippen LogP contribution in [0.5, 0.6) is 0 Å². The van der Waals surface area contributed by atoms with Crippen LogP contribution in [0.25, 0.3) is 0 Å². The van der Waals surface area contributed by atoms with Gasteiger partial charge in [-0.2, -0.15) is 0 Å². The number of hydrogen-bond acceptors (Lipinski definition) is 1. The van der Waals surface area contributed by atoms with E-state index in [4.69, 9.17) is 0 Å². The van der Waals surface area contributed by atoms with E-state index in [-0.39, 0.29) is 17.8 Å². The Balaban J connectivity index is 1.54. The maximum absolute atomic E-state index is 15.3. The van der Waals surface area contributed by atoms with E-state index in [0.29, 0.717) is 16.4 Å². The molecule has 1 saturated heterocycles. The van der Waals surface area contributed by atoms with Crippen molar-refractivity contribution >= 4 is 36.0 Å². The second-order valence-corrected chi connectivity index (χ2v) is 15.3. The number of benzene rings is 3. The van der Waals surface area contributed by atoms with E-state index in [9.17, 15) is 8.78 Å². The van der Waals surface area contributed by atoms with Crippen molar-refractivity contribution in [3.05, 3.63) is 95.3 Å². The topological polar surface area (TPSA) is 3.24 Å². The van der Waals surface area contributed by atoms with Gasteiger partial charge in [0, 0.05) is 42.5 Å². The summed E-state index contributed by atoms with van der Waals surface area (Å²) in [5.41, 5.74) is 2.80. The monoisotopic (exact) mass is 501 g/mol. The Morgan fingerprint density at radius 2 is 1.52 bits per heavy atom. The van der Waals surface area contributed by atoms with Gasteiger partial charge in [-0.15, -0.1) is 9.24 Å². The van der Waals surface area contributed by atoms with Gasteiger partial charge in [-0.05, 0) is 80.5 Å². The number of nitrogens with zero attached hydrogens (tertiary/aromatic N) is 1. The summed E-state index contributed by atoms with van der Waals surface area (Å²) in [6, 6.07) is 20.0. The lowest BCUT2D eigenvalue weighted by molar-refractivity contribution is 0.255. The van der Waals surface area contributed by atoms with E-state index in [1.54, 1.807) is 12.1 Å². The van der Waals surface area contributed by atoms with Gasteiger partial charge >= 0.3 is 0 Å². The van der Waals surface area contributed by atoms with Crippen LogP contribution in [0.15, 0.2) is 66.7 Å². The van der Waals surface area contributed by atoms with E-state index >= 15 is 4.39 Å². The molecule has 7 atom stereocenters. The summed E-state index contributed by atoms with van der Waals surface area (Å²) in [6.07, 6.45) is 4.31. The number of halogens is 3.